The van der Waals surface area contributed by atoms with Crippen LogP contribution in [0.1, 0.15) is 195 Å². The molecule has 0 radical (unpaired) electrons. The molecule has 0 spiro atoms. The molecular formula is C72H94F20O22. The summed E-state index contributed by atoms with van der Waals surface area (Å²) >= 11 is 0. The van der Waals surface area contributed by atoms with Crippen LogP contribution in [0.25, 0.3) is 0 Å². The van der Waals surface area contributed by atoms with Crippen molar-refractivity contribution >= 4 is 53.5 Å². The lowest BCUT2D eigenvalue weighted by Crippen LogP contribution is -2.63. The highest BCUT2D eigenvalue weighted by molar-refractivity contribution is 5.91. The van der Waals surface area contributed by atoms with Gasteiger partial charge in [0.2, 0.25) is 23.7 Å². The SMILES string of the molecule is COC(=O)C(OCCC(C)(F)F)(OC(=O)C12CC3CC(C1)C(=O)C(C3)C2)C(F)(F)F.COC(=O)C(OCCC(C)(F)F)(OC(=O)C12CC3CC(CC(C3)C1)C2)C(F)(F)F.COC(=O)C(OCCC(C)(F)F)(OC(=O)C12CC3CC(CC(O)(C3)C1)C2)C(F)(F)F.COC(=O)C(OCCC(C)(F)F)(OC(=O)C1CCCCC1)C(F)(F)F. The van der Waals surface area contributed by atoms with Gasteiger partial charge < -0.3 is 61.9 Å². The van der Waals surface area contributed by atoms with E-state index in [1.54, 1.807) is 0 Å². The van der Waals surface area contributed by atoms with Crippen LogP contribution >= 0.6 is 0 Å². The fourth-order valence-corrected chi connectivity index (χ4v) is 18.7. The molecule has 13 fully saturated rings. The van der Waals surface area contributed by atoms with Crippen LogP contribution in [0.4, 0.5) is 87.8 Å². The molecular weight excluding hydrogens is 1600 g/mol. The van der Waals surface area contributed by atoms with Gasteiger partial charge in [0.15, 0.2) is 0 Å². The van der Waals surface area contributed by atoms with Gasteiger partial charge >= 0.3 is 95.6 Å². The summed E-state index contributed by atoms with van der Waals surface area (Å²) in [6.45, 7) is -2.77. The highest BCUT2D eigenvalue weighted by Crippen LogP contribution is 2.65. The smallest absolute Gasteiger partial charge is 0.464 e. The minimum absolute atomic E-state index is 0.00542. The topological polar surface area (TPSA) is 285 Å². The number of rotatable bonds is 28. The molecule has 0 aromatic rings. The first kappa shape index (κ1) is 95.0. The van der Waals surface area contributed by atoms with Gasteiger partial charge in [0, 0.05) is 37.5 Å². The zero-order chi connectivity index (χ0) is 86.1. The van der Waals surface area contributed by atoms with Gasteiger partial charge in [-0.3, -0.25) is 24.0 Å². The molecule has 13 aliphatic rings. The summed E-state index contributed by atoms with van der Waals surface area (Å²) in [5.74, 6) is -44.0. The summed E-state index contributed by atoms with van der Waals surface area (Å²) in [6, 6.07) is 0. The van der Waals surface area contributed by atoms with Crippen LogP contribution in [-0.4, -0.2) is 191 Å². The predicted molar refractivity (Wildman–Crippen MR) is 343 cm³/mol. The van der Waals surface area contributed by atoms with E-state index in [1.807, 2.05) is 0 Å². The molecule has 8 atom stereocenters. The third kappa shape index (κ3) is 21.6. The number of hydrogen-bond acceptors (Lipinski definition) is 22. The Morgan fingerprint density at radius 1 is 0.351 bits per heavy atom. The Morgan fingerprint density at radius 3 is 0.877 bits per heavy atom. The molecule has 22 nitrogen and oxygen atoms in total. The van der Waals surface area contributed by atoms with Gasteiger partial charge in [0.1, 0.15) is 5.78 Å². The third-order valence-corrected chi connectivity index (χ3v) is 22.9. The number of methoxy groups -OCH3 is 4. The van der Waals surface area contributed by atoms with Crippen molar-refractivity contribution in [2.75, 3.05) is 54.9 Å². The summed E-state index contributed by atoms with van der Waals surface area (Å²) in [5, 5.41) is 10.7. The van der Waals surface area contributed by atoms with Crippen LogP contribution in [0.3, 0.4) is 0 Å². The van der Waals surface area contributed by atoms with E-state index in [9.17, 15) is 136 Å². The molecule has 0 aliphatic heterocycles. The molecule has 13 rings (SSSR count). The summed E-state index contributed by atoms with van der Waals surface area (Å²) in [5.41, 5.74) is -4.99. The van der Waals surface area contributed by atoms with Gasteiger partial charge in [-0.1, -0.05) is 19.3 Å². The van der Waals surface area contributed by atoms with E-state index >= 15 is 0 Å². The van der Waals surface area contributed by atoms with E-state index in [0.29, 0.717) is 127 Å². The standard InChI is InChI=1S/C19H25F5O6.C19H23F5O6.C19H25F5O5.C15H21F5O5/c1-15(20,21)3-4-29-18(14(26)28-2,19(22,23)24)30-13(25)16-6-11-5-12(7-16)9-17(27,8-11)10-16;1-16(20,21)3-4-29-18(15(27)28-2,19(22,23)24)30-14(26)17-7-10-5-11(8-17)13(25)12(6-10)9-17;1-16(20,21)3-4-28-18(15(26)27-2,19(22,23)24)29-14(25)17-8-11-5-12(9-17)7-13(6-11)10-17;1-13(16,17)8-9-24-14(12(22)23-2,15(18,19)20)25-11(21)10-6-4-3-5-7-10/h11-12,27H,3-10H2,1-2H3;10-12H,3-9H2,1-2H3;11-13H,3-10H2,1-2H3;10H,3-9H2,1-2H3. The Balaban J connectivity index is 0.000000211. The minimum atomic E-state index is -5.57. The van der Waals surface area contributed by atoms with Crippen LogP contribution in [0.15, 0.2) is 0 Å². The summed E-state index contributed by atoms with van der Waals surface area (Å²) in [6.07, 6.45) is -16.2. The van der Waals surface area contributed by atoms with E-state index < -0.39 is 211 Å². The Bertz CT molecular complexity index is 3360. The number of ketones is 1. The van der Waals surface area contributed by atoms with E-state index in [2.05, 4.69) is 52.1 Å². The van der Waals surface area contributed by atoms with E-state index in [1.165, 1.54) is 0 Å². The number of halogens is 20. The second-order valence-electron chi connectivity index (χ2n) is 32.7. The average molecular weight is 1690 g/mol. The minimum Gasteiger partial charge on any atom is -0.464 e. The zero-order valence-corrected chi connectivity index (χ0v) is 63.5. The molecule has 12 bridgehead atoms. The number of esters is 8. The molecule has 0 saturated heterocycles. The number of carbonyl (C=O) groups is 9. The van der Waals surface area contributed by atoms with Crippen molar-refractivity contribution in [1.29, 1.82) is 0 Å². The van der Waals surface area contributed by atoms with Crippen molar-refractivity contribution in [3.8, 4) is 0 Å². The maximum absolute atomic E-state index is 13.9. The van der Waals surface area contributed by atoms with Crippen molar-refractivity contribution in [1.82, 2.24) is 0 Å². The largest absolute Gasteiger partial charge is 0.468 e. The number of Topliss-reactive ketones (excluding diaryl/α,β-unsaturated/α-hetero) is 1. The molecule has 654 valence electrons. The van der Waals surface area contributed by atoms with Gasteiger partial charge in [0.05, 0.1) is 82.6 Å². The normalized spacial score (nSPS) is 30.5. The predicted octanol–water partition coefficient (Wildman–Crippen LogP) is 14.6. The van der Waals surface area contributed by atoms with Crippen LogP contribution in [0.5, 0.6) is 0 Å². The van der Waals surface area contributed by atoms with Crippen LogP contribution in [0.2, 0.25) is 0 Å². The summed E-state index contributed by atoms with van der Waals surface area (Å²) in [7, 11) is 2.61. The quantitative estimate of drug-likeness (QED) is 0.0329. The first-order chi connectivity index (χ1) is 52.1. The van der Waals surface area contributed by atoms with E-state index in [4.69, 9.17) is 4.74 Å². The molecule has 114 heavy (non-hydrogen) atoms. The fraction of sp³-hybridized carbons (Fsp3) is 0.875. The average Bonchev–Trinajstić information content (AvgIpc) is 0.727. The molecule has 0 aromatic carbocycles. The molecule has 13 aliphatic carbocycles. The molecule has 13 saturated carbocycles. The monoisotopic (exact) mass is 1690 g/mol. The number of ether oxygens (including phenoxy) is 12. The van der Waals surface area contributed by atoms with Crippen molar-refractivity contribution < 1.29 is 193 Å². The van der Waals surface area contributed by atoms with Crippen LogP contribution in [0, 0.1) is 69.5 Å². The number of hydrogen-bond donors (Lipinski definition) is 1. The van der Waals surface area contributed by atoms with Gasteiger partial charge in [-0.15, -0.1) is 0 Å². The van der Waals surface area contributed by atoms with E-state index in [-0.39, 0.29) is 79.8 Å². The maximum atomic E-state index is 13.9. The van der Waals surface area contributed by atoms with Crippen molar-refractivity contribution in [2.24, 2.45) is 69.5 Å². The van der Waals surface area contributed by atoms with Crippen LogP contribution < -0.4 is 0 Å². The fourth-order valence-electron chi connectivity index (χ4n) is 18.7. The maximum Gasteiger partial charge on any atom is 0.468 e. The first-order valence-corrected chi connectivity index (χ1v) is 37.0. The second kappa shape index (κ2) is 34.6. The molecule has 8 unspecified atom stereocenters. The van der Waals surface area contributed by atoms with Crippen LogP contribution in [-0.2, 0) is 100.0 Å². The Hall–Kier alpha value is -6.17. The number of aliphatic hydroxyl groups is 1. The number of carbonyl (C=O) groups excluding carboxylic acids is 9. The highest BCUT2D eigenvalue weighted by atomic mass is 19.4. The van der Waals surface area contributed by atoms with E-state index in [0.717, 1.165) is 32.1 Å². The first-order valence-electron chi connectivity index (χ1n) is 37.0. The van der Waals surface area contributed by atoms with Crippen molar-refractivity contribution in [3.63, 3.8) is 0 Å². The van der Waals surface area contributed by atoms with Crippen molar-refractivity contribution in [3.05, 3.63) is 0 Å². The Morgan fingerprint density at radius 2 is 0.605 bits per heavy atom. The van der Waals surface area contributed by atoms with Gasteiger partial charge in [0.25, 0.3) is 0 Å². The zero-order valence-electron chi connectivity index (χ0n) is 63.5. The third-order valence-electron chi connectivity index (χ3n) is 22.9. The molecule has 0 amide bonds. The Kier molecular flexibility index (Phi) is 28.9. The second-order valence-corrected chi connectivity index (χ2v) is 32.7. The molecule has 42 heteroatoms. The molecule has 0 aromatic heterocycles. The van der Waals surface area contributed by atoms with Gasteiger partial charge in [-0.2, -0.15) is 52.7 Å². The lowest BCUT2D eigenvalue weighted by atomic mass is 9.48. The molecule has 1 N–H and O–H groups in total. The lowest BCUT2D eigenvalue weighted by Gasteiger charge is -2.59. The lowest BCUT2D eigenvalue weighted by molar-refractivity contribution is -0.360. The summed E-state index contributed by atoms with van der Waals surface area (Å²) < 4.78 is 322. The van der Waals surface area contributed by atoms with Crippen molar-refractivity contribution in [2.45, 2.75) is 272 Å². The van der Waals surface area contributed by atoms with Gasteiger partial charge in [-0.25, -0.2) is 54.3 Å². The highest BCUT2D eigenvalue weighted by Gasteiger charge is 2.74. The Labute approximate surface area is 641 Å². The number of alkyl halides is 20. The molecule has 0 heterocycles. The summed E-state index contributed by atoms with van der Waals surface area (Å²) in [4.78, 5) is 111. The van der Waals surface area contributed by atoms with Gasteiger partial charge in [-0.05, 0) is 185 Å².